The molecule has 0 saturated heterocycles. The van der Waals surface area contributed by atoms with Gasteiger partial charge in [0.25, 0.3) is 0 Å². The molecule has 5 aromatic carbocycles. The average Bonchev–Trinajstić information content (AvgIpc) is 3.23. The quantitative estimate of drug-likeness (QED) is 0.170. The summed E-state index contributed by atoms with van der Waals surface area (Å²) in [6.45, 7) is 0. The van der Waals surface area contributed by atoms with E-state index in [9.17, 15) is 0 Å². The Bertz CT molecular complexity index is 2940. The summed E-state index contributed by atoms with van der Waals surface area (Å²) < 4.78 is 0. The fourth-order valence-electron chi connectivity index (χ4n) is 6.84. The van der Waals surface area contributed by atoms with Gasteiger partial charge in [0.2, 0.25) is 0 Å². The predicted molar refractivity (Wildman–Crippen MR) is 210 cm³/mol. The fraction of sp³-hybridized carbons (Fsp3) is 0. The van der Waals surface area contributed by atoms with Crippen LogP contribution in [0.4, 0.5) is 0 Å². The Balaban J connectivity index is 0.926. The minimum Gasteiger partial charge on any atom is -0.248 e. The molecule has 0 atom stereocenters. The van der Waals surface area contributed by atoms with Gasteiger partial charge in [-0.05, 0) is 65.7 Å². The van der Waals surface area contributed by atoms with E-state index in [1.165, 1.54) is 0 Å². The molecule has 52 heavy (non-hydrogen) atoms. The number of pyridine rings is 4. The zero-order valence-corrected chi connectivity index (χ0v) is 27.8. The molecular weight excluding hydrogens is 637 g/mol. The maximum atomic E-state index is 5.13. The highest BCUT2D eigenvalue weighted by Gasteiger charge is 2.11. The lowest BCUT2D eigenvalue weighted by Crippen LogP contribution is -1.91. The number of hydrogen-bond donors (Lipinski definition) is 0. The van der Waals surface area contributed by atoms with Crippen molar-refractivity contribution in [2.24, 2.45) is 0 Å². The molecule has 0 fully saturated rings. The Morgan fingerprint density at radius 1 is 0.288 bits per heavy atom. The molecule has 0 aliphatic rings. The lowest BCUT2D eigenvalue weighted by atomic mass is 10.0. The number of aromatic nitrogens is 6. The van der Waals surface area contributed by atoms with Crippen LogP contribution in [0.15, 0.2) is 170 Å². The van der Waals surface area contributed by atoms with Gasteiger partial charge in [-0.1, -0.05) is 103 Å². The highest BCUT2D eigenvalue weighted by atomic mass is 14.9. The standard InChI is InChI=1S/C46H28N6/c1-2-5-29(6-3-1)39-19-13-32-11-12-33-14-20-40(52-45(33)44(32)51-39)31-9-7-30(8-10-31)38-23-17-36-27-34(15-21-41(36)49-38)35-16-22-42-37(28-35)18-24-43(50-42)46-47-25-4-26-48-46/h1-28H. The van der Waals surface area contributed by atoms with Gasteiger partial charge >= 0.3 is 0 Å². The van der Waals surface area contributed by atoms with Crippen LogP contribution in [0.2, 0.25) is 0 Å². The van der Waals surface area contributed by atoms with Crippen LogP contribution in [-0.2, 0) is 0 Å². The maximum absolute atomic E-state index is 5.13. The van der Waals surface area contributed by atoms with Crippen LogP contribution in [-0.4, -0.2) is 29.9 Å². The summed E-state index contributed by atoms with van der Waals surface area (Å²) in [4.78, 5) is 28.7. The molecule has 10 aromatic rings. The first-order chi connectivity index (χ1) is 25.7. The molecule has 6 nitrogen and oxygen atoms in total. The van der Waals surface area contributed by atoms with Crippen LogP contribution in [0.1, 0.15) is 0 Å². The van der Waals surface area contributed by atoms with Crippen LogP contribution in [0.3, 0.4) is 0 Å². The molecule has 0 bridgehead atoms. The van der Waals surface area contributed by atoms with E-state index in [2.05, 4.69) is 137 Å². The zero-order chi connectivity index (χ0) is 34.4. The number of hydrogen-bond acceptors (Lipinski definition) is 6. The first-order valence-electron chi connectivity index (χ1n) is 17.2. The molecular formula is C46H28N6. The number of fused-ring (bicyclic) bond motifs is 5. The van der Waals surface area contributed by atoms with Crippen LogP contribution in [0.5, 0.6) is 0 Å². The lowest BCUT2D eigenvalue weighted by molar-refractivity contribution is 1.15. The summed E-state index contributed by atoms with van der Waals surface area (Å²) in [5.41, 5.74) is 12.7. The molecule has 0 amide bonds. The monoisotopic (exact) mass is 664 g/mol. The van der Waals surface area contributed by atoms with Gasteiger partial charge < -0.3 is 0 Å². The Kier molecular flexibility index (Phi) is 7.03. The molecule has 0 unspecified atom stereocenters. The molecule has 0 saturated carbocycles. The van der Waals surface area contributed by atoms with Crippen LogP contribution in [0, 0.1) is 0 Å². The molecule has 5 aromatic heterocycles. The number of benzene rings is 5. The van der Waals surface area contributed by atoms with Gasteiger partial charge in [-0.2, -0.15) is 0 Å². The average molecular weight is 665 g/mol. The number of nitrogens with zero attached hydrogens (tertiary/aromatic N) is 6. The highest BCUT2D eigenvalue weighted by molar-refractivity contribution is 6.04. The van der Waals surface area contributed by atoms with Crippen LogP contribution >= 0.6 is 0 Å². The normalized spacial score (nSPS) is 11.5. The Morgan fingerprint density at radius 2 is 0.712 bits per heavy atom. The first kappa shape index (κ1) is 29.7. The van der Waals surface area contributed by atoms with Crippen molar-refractivity contribution in [1.29, 1.82) is 0 Å². The third-order valence-electron chi connectivity index (χ3n) is 9.57. The number of rotatable bonds is 5. The van der Waals surface area contributed by atoms with Gasteiger partial charge in [-0.3, -0.25) is 0 Å². The fourth-order valence-corrected chi connectivity index (χ4v) is 6.84. The summed E-state index contributed by atoms with van der Waals surface area (Å²) in [6.07, 6.45) is 3.46. The van der Waals surface area contributed by atoms with E-state index in [1.807, 2.05) is 24.3 Å². The molecule has 10 rings (SSSR count). The van der Waals surface area contributed by atoms with Crippen molar-refractivity contribution in [1.82, 2.24) is 29.9 Å². The minimum absolute atomic E-state index is 0.623. The highest BCUT2D eigenvalue weighted by Crippen LogP contribution is 2.32. The molecule has 242 valence electrons. The van der Waals surface area contributed by atoms with E-state index in [0.717, 1.165) is 94.2 Å². The molecule has 5 heterocycles. The Hall–Kier alpha value is -7.18. The summed E-state index contributed by atoms with van der Waals surface area (Å²) in [7, 11) is 0. The van der Waals surface area contributed by atoms with E-state index in [1.54, 1.807) is 18.5 Å². The summed E-state index contributed by atoms with van der Waals surface area (Å²) in [6, 6.07) is 54.3. The zero-order valence-electron chi connectivity index (χ0n) is 27.8. The van der Waals surface area contributed by atoms with Crippen molar-refractivity contribution in [3.8, 4) is 56.4 Å². The van der Waals surface area contributed by atoms with E-state index in [-0.39, 0.29) is 0 Å². The van der Waals surface area contributed by atoms with Gasteiger partial charge in [-0.15, -0.1) is 0 Å². The van der Waals surface area contributed by atoms with Crippen molar-refractivity contribution in [2.45, 2.75) is 0 Å². The van der Waals surface area contributed by atoms with Crippen molar-refractivity contribution in [3.63, 3.8) is 0 Å². The third-order valence-corrected chi connectivity index (χ3v) is 9.57. The van der Waals surface area contributed by atoms with Crippen LogP contribution in [0.25, 0.3) is 100 Å². The molecule has 0 spiro atoms. The first-order valence-corrected chi connectivity index (χ1v) is 17.2. The molecule has 0 N–H and O–H groups in total. The van der Waals surface area contributed by atoms with E-state index in [0.29, 0.717) is 5.82 Å². The largest absolute Gasteiger partial charge is 0.248 e. The second kappa shape index (κ2) is 12.3. The molecule has 6 heteroatoms. The smallest absolute Gasteiger partial charge is 0.178 e. The predicted octanol–water partition coefficient (Wildman–Crippen LogP) is 11.0. The van der Waals surface area contributed by atoms with Gasteiger partial charge in [0.05, 0.1) is 39.1 Å². The Morgan fingerprint density at radius 3 is 1.27 bits per heavy atom. The minimum atomic E-state index is 0.623. The van der Waals surface area contributed by atoms with Gasteiger partial charge in [0, 0.05) is 50.6 Å². The van der Waals surface area contributed by atoms with Crippen molar-refractivity contribution < 1.29 is 0 Å². The van der Waals surface area contributed by atoms with E-state index < -0.39 is 0 Å². The summed E-state index contributed by atoms with van der Waals surface area (Å²) >= 11 is 0. The van der Waals surface area contributed by atoms with Crippen molar-refractivity contribution in [3.05, 3.63) is 170 Å². The molecule has 0 aliphatic heterocycles. The van der Waals surface area contributed by atoms with Crippen LogP contribution < -0.4 is 0 Å². The van der Waals surface area contributed by atoms with Gasteiger partial charge in [0.1, 0.15) is 5.69 Å². The summed E-state index contributed by atoms with van der Waals surface area (Å²) in [5.74, 6) is 0.623. The van der Waals surface area contributed by atoms with Crippen molar-refractivity contribution >= 4 is 43.6 Å². The SMILES string of the molecule is c1ccc(-c2ccc3ccc4ccc(-c5ccc(-c6ccc7cc(-c8ccc9nc(-c%10ncccn%10)ccc9c8)ccc7n6)cc5)nc4c3n2)cc1. The van der Waals surface area contributed by atoms with Gasteiger partial charge in [0.15, 0.2) is 5.82 Å². The van der Waals surface area contributed by atoms with Crippen molar-refractivity contribution in [2.75, 3.05) is 0 Å². The van der Waals surface area contributed by atoms with E-state index in [4.69, 9.17) is 19.9 Å². The Labute approximate surface area is 299 Å². The van der Waals surface area contributed by atoms with E-state index >= 15 is 0 Å². The third kappa shape index (κ3) is 5.39. The molecule has 0 radical (unpaired) electrons. The summed E-state index contributed by atoms with van der Waals surface area (Å²) in [5, 5.41) is 4.30. The van der Waals surface area contributed by atoms with Gasteiger partial charge in [-0.25, -0.2) is 29.9 Å². The molecule has 0 aliphatic carbocycles. The second-order valence-electron chi connectivity index (χ2n) is 12.8. The second-order valence-corrected chi connectivity index (χ2v) is 12.8. The maximum Gasteiger partial charge on any atom is 0.178 e. The lowest BCUT2D eigenvalue weighted by Gasteiger charge is -2.09. The topological polar surface area (TPSA) is 77.3 Å².